The number of nitrogens with two attached hydrogens (primary N) is 1. The third kappa shape index (κ3) is 3.27. The van der Waals surface area contributed by atoms with Gasteiger partial charge in [0.25, 0.3) is 0 Å². The number of fused-ring (bicyclic) bond motifs is 1. The molecule has 1 aromatic heterocycles. The van der Waals surface area contributed by atoms with Gasteiger partial charge < -0.3 is 14.9 Å². The van der Waals surface area contributed by atoms with Gasteiger partial charge in [0.1, 0.15) is 11.3 Å². The number of furan rings is 1. The Morgan fingerprint density at radius 1 is 1.32 bits per heavy atom. The Balaban J connectivity index is 2.02. The normalized spacial score (nSPS) is 15.6. The Labute approximate surface area is 108 Å². The Kier molecular flexibility index (Phi) is 3.82. The van der Waals surface area contributed by atoms with Crippen LogP contribution < -0.4 is 5.73 Å². The fourth-order valence-corrected chi connectivity index (χ4v) is 1.61. The average Bonchev–Trinajstić information content (AvgIpc) is 2.78. The van der Waals surface area contributed by atoms with E-state index >= 15 is 0 Å². The number of hydrogen-bond donors (Lipinski definition) is 1. The summed E-state index contributed by atoms with van der Waals surface area (Å²) in [6.07, 6.45) is -6.23. The molecular weight excluding hydrogens is 259 g/mol. The predicted octanol–water partition coefficient (Wildman–Crippen LogP) is 3.40. The Hall–Kier alpha value is -1.53. The van der Waals surface area contributed by atoms with Crippen LogP contribution >= 0.6 is 0 Å². The lowest BCUT2D eigenvalue weighted by molar-refractivity contribution is -0.215. The van der Waals surface area contributed by atoms with Gasteiger partial charge in [0.2, 0.25) is 0 Å². The average molecular weight is 273 g/mol. The highest BCUT2D eigenvalue weighted by atomic mass is 19.4. The molecule has 0 saturated heterocycles. The first-order valence-electron chi connectivity index (χ1n) is 5.80. The molecule has 1 aromatic carbocycles. The zero-order valence-electron chi connectivity index (χ0n) is 10.3. The van der Waals surface area contributed by atoms with E-state index in [-0.39, 0.29) is 6.61 Å². The molecule has 2 aromatic rings. The zero-order chi connectivity index (χ0) is 14.0. The van der Waals surface area contributed by atoms with Gasteiger partial charge in [-0.25, -0.2) is 0 Å². The van der Waals surface area contributed by atoms with Gasteiger partial charge in [0.05, 0.1) is 12.6 Å². The summed E-state index contributed by atoms with van der Waals surface area (Å²) in [5.41, 5.74) is 6.41. The number of hydrogen-bond acceptors (Lipinski definition) is 3. The van der Waals surface area contributed by atoms with E-state index in [1.54, 1.807) is 12.1 Å². The summed E-state index contributed by atoms with van der Waals surface area (Å²) in [7, 11) is 0. The lowest BCUT2D eigenvalue weighted by Gasteiger charge is -2.18. The monoisotopic (exact) mass is 273 g/mol. The molecule has 0 bridgehead atoms. The SMILES string of the molecule is CC(OCC(N)c1cc2ccccc2o1)C(F)(F)F. The van der Waals surface area contributed by atoms with Crippen LogP contribution in [0.25, 0.3) is 11.0 Å². The summed E-state index contributed by atoms with van der Waals surface area (Å²) in [4.78, 5) is 0. The molecule has 1 heterocycles. The van der Waals surface area contributed by atoms with E-state index < -0.39 is 18.3 Å². The molecule has 0 aliphatic rings. The molecule has 0 aliphatic carbocycles. The van der Waals surface area contributed by atoms with Gasteiger partial charge in [-0.15, -0.1) is 0 Å². The van der Waals surface area contributed by atoms with E-state index in [9.17, 15) is 13.2 Å². The number of para-hydroxylation sites is 1. The quantitative estimate of drug-likeness (QED) is 0.928. The molecule has 6 heteroatoms. The van der Waals surface area contributed by atoms with Crippen LogP contribution in [0, 0.1) is 0 Å². The molecule has 0 aliphatic heterocycles. The third-order valence-corrected chi connectivity index (χ3v) is 2.80. The van der Waals surface area contributed by atoms with Crippen molar-refractivity contribution in [2.24, 2.45) is 5.73 Å². The minimum absolute atomic E-state index is 0.250. The van der Waals surface area contributed by atoms with E-state index in [1.165, 1.54) is 0 Å². The second-order valence-electron chi connectivity index (χ2n) is 4.31. The van der Waals surface area contributed by atoms with Crippen molar-refractivity contribution in [2.75, 3.05) is 6.61 Å². The highest BCUT2D eigenvalue weighted by Crippen LogP contribution is 2.25. The fourth-order valence-electron chi connectivity index (χ4n) is 1.61. The van der Waals surface area contributed by atoms with E-state index in [1.807, 2.05) is 18.2 Å². The van der Waals surface area contributed by atoms with E-state index in [2.05, 4.69) is 0 Å². The second-order valence-corrected chi connectivity index (χ2v) is 4.31. The molecule has 2 rings (SSSR count). The first-order valence-corrected chi connectivity index (χ1v) is 5.80. The van der Waals surface area contributed by atoms with Crippen LogP contribution in [0.1, 0.15) is 18.7 Å². The van der Waals surface area contributed by atoms with Crippen molar-refractivity contribution in [2.45, 2.75) is 25.2 Å². The van der Waals surface area contributed by atoms with E-state index in [0.29, 0.717) is 11.3 Å². The molecule has 0 amide bonds. The van der Waals surface area contributed by atoms with Gasteiger partial charge >= 0.3 is 6.18 Å². The summed E-state index contributed by atoms with van der Waals surface area (Å²) in [5.74, 6) is 0.413. The van der Waals surface area contributed by atoms with Crippen molar-refractivity contribution in [1.29, 1.82) is 0 Å². The van der Waals surface area contributed by atoms with Gasteiger partial charge in [-0.3, -0.25) is 0 Å². The molecule has 19 heavy (non-hydrogen) atoms. The summed E-state index contributed by atoms with van der Waals surface area (Å²) < 4.78 is 47.0. The molecule has 2 N–H and O–H groups in total. The Morgan fingerprint density at radius 2 is 2.00 bits per heavy atom. The van der Waals surface area contributed by atoms with Crippen LogP contribution in [0.15, 0.2) is 34.7 Å². The number of alkyl halides is 3. The van der Waals surface area contributed by atoms with Crippen molar-refractivity contribution in [3.63, 3.8) is 0 Å². The lowest BCUT2D eigenvalue weighted by Crippen LogP contribution is -2.31. The van der Waals surface area contributed by atoms with Crippen molar-refractivity contribution in [3.8, 4) is 0 Å². The van der Waals surface area contributed by atoms with Crippen LogP contribution in [-0.4, -0.2) is 18.9 Å². The second kappa shape index (κ2) is 5.22. The molecule has 0 radical (unpaired) electrons. The molecule has 0 spiro atoms. The fraction of sp³-hybridized carbons (Fsp3) is 0.385. The van der Waals surface area contributed by atoms with Crippen molar-refractivity contribution in [1.82, 2.24) is 0 Å². The number of rotatable bonds is 4. The van der Waals surface area contributed by atoms with Crippen molar-refractivity contribution >= 4 is 11.0 Å². The van der Waals surface area contributed by atoms with Gasteiger partial charge in [-0.2, -0.15) is 13.2 Å². The maximum atomic E-state index is 12.3. The van der Waals surface area contributed by atoms with Crippen LogP contribution in [0.4, 0.5) is 13.2 Å². The standard InChI is InChI=1S/C13H14F3NO2/c1-8(13(14,15)16)18-7-10(17)12-6-9-4-2-3-5-11(9)19-12/h2-6,8,10H,7,17H2,1H3. The minimum atomic E-state index is -4.38. The highest BCUT2D eigenvalue weighted by molar-refractivity contribution is 5.77. The molecule has 0 saturated carbocycles. The maximum Gasteiger partial charge on any atom is 0.414 e. The molecule has 3 nitrogen and oxygen atoms in total. The minimum Gasteiger partial charge on any atom is -0.459 e. The lowest BCUT2D eigenvalue weighted by atomic mass is 10.2. The molecule has 2 atom stereocenters. The molecular formula is C13H14F3NO2. The summed E-state index contributed by atoms with van der Waals surface area (Å²) in [6, 6.07) is 8.25. The van der Waals surface area contributed by atoms with E-state index in [4.69, 9.17) is 14.9 Å². The third-order valence-electron chi connectivity index (χ3n) is 2.80. The van der Waals surface area contributed by atoms with Gasteiger partial charge in [0, 0.05) is 5.39 Å². The van der Waals surface area contributed by atoms with Crippen LogP contribution in [0.2, 0.25) is 0 Å². The van der Waals surface area contributed by atoms with Crippen molar-refractivity contribution < 1.29 is 22.3 Å². The van der Waals surface area contributed by atoms with Crippen LogP contribution in [-0.2, 0) is 4.74 Å². The first-order chi connectivity index (χ1) is 8.88. The maximum absolute atomic E-state index is 12.3. The van der Waals surface area contributed by atoms with Gasteiger partial charge in [-0.1, -0.05) is 18.2 Å². The van der Waals surface area contributed by atoms with Crippen LogP contribution in [0.3, 0.4) is 0 Å². The predicted molar refractivity (Wildman–Crippen MR) is 64.6 cm³/mol. The first kappa shape index (κ1) is 13.9. The molecule has 2 unspecified atom stereocenters. The van der Waals surface area contributed by atoms with Crippen LogP contribution in [0.5, 0.6) is 0 Å². The Bertz CT molecular complexity index is 517. The van der Waals surface area contributed by atoms with Gasteiger partial charge in [0.15, 0.2) is 6.10 Å². The highest BCUT2D eigenvalue weighted by Gasteiger charge is 2.37. The molecule has 104 valence electrons. The number of halogens is 3. The largest absolute Gasteiger partial charge is 0.459 e. The van der Waals surface area contributed by atoms with Crippen molar-refractivity contribution in [3.05, 3.63) is 36.1 Å². The smallest absolute Gasteiger partial charge is 0.414 e. The van der Waals surface area contributed by atoms with E-state index in [0.717, 1.165) is 12.3 Å². The zero-order valence-corrected chi connectivity index (χ0v) is 10.3. The topological polar surface area (TPSA) is 48.4 Å². The summed E-state index contributed by atoms with van der Waals surface area (Å²) in [5, 5.41) is 0.858. The Morgan fingerprint density at radius 3 is 2.63 bits per heavy atom. The number of ether oxygens (including phenoxy) is 1. The van der Waals surface area contributed by atoms with Gasteiger partial charge in [-0.05, 0) is 19.1 Å². The summed E-state index contributed by atoms with van der Waals surface area (Å²) >= 11 is 0. The number of benzene rings is 1. The molecule has 0 fully saturated rings. The summed E-state index contributed by atoms with van der Waals surface area (Å²) in [6.45, 7) is 0.700.